The molecule has 2 aliphatic heterocycles. The highest BCUT2D eigenvalue weighted by atomic mass is 35.5. The Morgan fingerprint density at radius 2 is 0.943 bits per heavy atom. The largest absolute Gasteiger partial charge is 0.378 e. The molecule has 0 amide bonds. The molecule has 8 bridgehead atoms. The summed E-state index contributed by atoms with van der Waals surface area (Å²) in [6, 6.07) is 0. The Hall–Kier alpha value is -5.51. The first-order valence-corrected chi connectivity index (χ1v) is 17.7. The molecule has 0 saturated heterocycles. The third-order valence-electron chi connectivity index (χ3n) is 10.1. The summed E-state index contributed by atoms with van der Waals surface area (Å²) < 4.78 is 2.56. The van der Waals surface area contributed by atoms with E-state index < -0.39 is 47.9 Å². The van der Waals surface area contributed by atoms with Crippen LogP contribution in [0.1, 0.15) is 118 Å². The Bertz CT molecular complexity index is 2320. The minimum absolute atomic E-state index is 0. The van der Waals surface area contributed by atoms with Gasteiger partial charge in [-0.15, -0.1) is 12.4 Å². The monoisotopic (exact) mass is 750 g/mol. The fraction of sp³-hybridized carbons (Fsp3) is 0.444. The van der Waals surface area contributed by atoms with Crippen LogP contribution in [0.25, 0.3) is 45.5 Å². The normalized spacial score (nSPS) is 12.3. The van der Waals surface area contributed by atoms with E-state index in [0.717, 1.165) is 33.3 Å². The maximum absolute atomic E-state index is 13.1. The minimum Gasteiger partial charge on any atom is -0.341 e. The zero-order chi connectivity index (χ0) is 38.3. The summed E-state index contributed by atoms with van der Waals surface area (Å²) in [4.78, 5) is 58.9. The summed E-state index contributed by atoms with van der Waals surface area (Å²) >= 11 is 0. The molecule has 5 heterocycles. The lowest BCUT2D eigenvalue weighted by Gasteiger charge is -2.12. The van der Waals surface area contributed by atoms with Gasteiger partial charge >= 0.3 is 17.1 Å². The average Bonchev–Trinajstić information content (AvgIpc) is 3.88. The van der Waals surface area contributed by atoms with E-state index in [9.17, 15) is 40.5 Å². The summed E-state index contributed by atoms with van der Waals surface area (Å²) in [5.74, 6) is 0. The van der Waals surface area contributed by atoms with Gasteiger partial charge in [-0.1, -0.05) is 48.5 Å². The number of nitrogens with zero attached hydrogens (tertiary/aromatic N) is 8. The standard InChI is InChI=1S/C36H42N8O8.ClH/c1-9-19-20(10-2)31-23(13-5)28-24(14-6)32(41(45)46)29(38-28)25(15-7)34-36(43(49)50)35(42(47)48)33(40(34)44(51)52)22(12-4)27-18-17-26(37-27)21(11-3)30(19)39(31)16-8;/h17-18H,9-16H2,1-8H3;1H. The molecule has 0 N–H and O–H groups in total. The lowest BCUT2D eigenvalue weighted by molar-refractivity contribution is -0.534. The summed E-state index contributed by atoms with van der Waals surface area (Å²) in [5.41, 5.74) is 2.49. The summed E-state index contributed by atoms with van der Waals surface area (Å²) in [7, 11) is 0. The fourth-order valence-electron chi connectivity index (χ4n) is 8.09. The molecule has 282 valence electrons. The first kappa shape index (κ1) is 40.3. The molecule has 0 fully saturated rings. The second-order valence-corrected chi connectivity index (χ2v) is 12.4. The van der Waals surface area contributed by atoms with Crippen LogP contribution >= 0.6 is 12.4 Å². The van der Waals surface area contributed by atoms with Crippen LogP contribution in [-0.2, 0) is 45.1 Å². The molecule has 17 heteroatoms. The van der Waals surface area contributed by atoms with Crippen molar-refractivity contribution >= 4 is 69.3 Å². The molecule has 0 saturated carbocycles. The molecule has 3 aromatic rings. The summed E-state index contributed by atoms with van der Waals surface area (Å²) in [5, 5.41) is 50.8. The van der Waals surface area contributed by atoms with E-state index in [1.54, 1.807) is 26.0 Å². The number of halogens is 1. The number of nitro groups is 4. The third kappa shape index (κ3) is 6.03. The zero-order valence-corrected chi connectivity index (χ0v) is 31.9. The molecule has 0 aromatic carbocycles. The van der Waals surface area contributed by atoms with Crippen molar-refractivity contribution < 1.29 is 19.8 Å². The molecule has 5 rings (SSSR count). The van der Waals surface area contributed by atoms with Crippen molar-refractivity contribution in [1.29, 1.82) is 0 Å². The SMILES string of the molecule is CCC1=C([N+](=O)[O-])c2nc1c(CC)c1c(CC)c(CC)c(c(CC)c3nc(c(CC)c4c([N+](=O)[O-])c([N+](=O)[O-])c(c2CC)n4[N+](=O)[O-])C=C3)n1CC.Cl. The van der Waals surface area contributed by atoms with E-state index in [4.69, 9.17) is 9.97 Å². The number of aryl methyl sites for hydroxylation is 7. The minimum atomic E-state index is -1.14. The van der Waals surface area contributed by atoms with Gasteiger partial charge in [0.1, 0.15) is 5.69 Å². The van der Waals surface area contributed by atoms with Gasteiger partial charge in [0.15, 0.2) is 5.03 Å². The van der Waals surface area contributed by atoms with Gasteiger partial charge in [0.2, 0.25) is 11.0 Å². The highest BCUT2D eigenvalue weighted by molar-refractivity contribution is 5.98. The highest BCUT2D eigenvalue weighted by Crippen LogP contribution is 2.46. The predicted molar refractivity (Wildman–Crippen MR) is 206 cm³/mol. The lowest BCUT2D eigenvalue weighted by Crippen LogP contribution is -2.12. The first-order valence-electron chi connectivity index (χ1n) is 17.7. The van der Waals surface area contributed by atoms with Gasteiger partial charge in [-0.2, -0.15) is 0 Å². The molecule has 0 atom stereocenters. The van der Waals surface area contributed by atoms with Crippen molar-refractivity contribution in [1.82, 2.24) is 19.2 Å². The Morgan fingerprint density at radius 1 is 0.528 bits per heavy atom. The van der Waals surface area contributed by atoms with E-state index in [1.165, 1.54) is 6.92 Å². The topological polar surface area (TPSA) is 208 Å². The maximum Gasteiger partial charge on any atom is 0.378 e. The zero-order valence-electron chi connectivity index (χ0n) is 31.1. The predicted octanol–water partition coefficient (Wildman–Crippen LogP) is 8.66. The quantitative estimate of drug-likeness (QED) is 0.0993. The van der Waals surface area contributed by atoms with Crippen molar-refractivity contribution in [3.05, 3.63) is 96.6 Å². The van der Waals surface area contributed by atoms with Crippen LogP contribution < -0.4 is 0 Å². The number of fused-ring (bicyclic) bond motifs is 8. The van der Waals surface area contributed by atoms with Crippen molar-refractivity contribution in [3.8, 4) is 0 Å². The van der Waals surface area contributed by atoms with E-state index in [0.29, 0.717) is 48.3 Å². The summed E-state index contributed by atoms with van der Waals surface area (Å²) in [6.07, 6.45) is 5.63. The molecule has 0 spiro atoms. The summed E-state index contributed by atoms with van der Waals surface area (Å²) in [6.45, 7) is 15.6. The molecule has 2 aliphatic rings. The molecular formula is C36H43ClN8O8. The Labute approximate surface area is 311 Å². The van der Waals surface area contributed by atoms with Crippen LogP contribution in [0.3, 0.4) is 0 Å². The Balaban J connectivity index is 0.00000627. The number of hydrogen-bond donors (Lipinski definition) is 0. The van der Waals surface area contributed by atoms with Crippen molar-refractivity contribution in [2.75, 3.05) is 0 Å². The van der Waals surface area contributed by atoms with Gasteiger partial charge in [-0.25, -0.2) is 20.1 Å². The first-order chi connectivity index (χ1) is 24.8. The average molecular weight is 751 g/mol. The van der Waals surface area contributed by atoms with Crippen LogP contribution in [0.4, 0.5) is 11.4 Å². The van der Waals surface area contributed by atoms with E-state index in [-0.39, 0.29) is 59.8 Å². The van der Waals surface area contributed by atoms with Gasteiger partial charge < -0.3 is 4.57 Å². The van der Waals surface area contributed by atoms with Gasteiger partial charge in [0.25, 0.3) is 0 Å². The number of hydrogen-bond acceptors (Lipinski definition) is 10. The molecule has 53 heavy (non-hydrogen) atoms. The molecule has 0 radical (unpaired) electrons. The van der Waals surface area contributed by atoms with Crippen LogP contribution in [-0.4, -0.2) is 39.0 Å². The third-order valence-corrected chi connectivity index (χ3v) is 10.1. The molecular weight excluding hydrogens is 708 g/mol. The van der Waals surface area contributed by atoms with Gasteiger partial charge in [0.05, 0.1) is 48.5 Å². The van der Waals surface area contributed by atoms with Gasteiger partial charge in [0, 0.05) is 28.8 Å². The highest BCUT2D eigenvalue weighted by Gasteiger charge is 2.44. The van der Waals surface area contributed by atoms with Gasteiger partial charge in [-0.3, -0.25) is 30.3 Å². The molecule has 0 unspecified atom stereocenters. The van der Waals surface area contributed by atoms with Crippen molar-refractivity contribution in [2.45, 2.75) is 107 Å². The fourth-order valence-corrected chi connectivity index (χ4v) is 8.09. The number of allylic oxidation sites excluding steroid dienone is 1. The van der Waals surface area contributed by atoms with Crippen molar-refractivity contribution in [2.24, 2.45) is 0 Å². The lowest BCUT2D eigenvalue weighted by atomic mass is 9.97. The second kappa shape index (κ2) is 15.6. The van der Waals surface area contributed by atoms with Crippen LogP contribution in [0.15, 0.2) is 0 Å². The van der Waals surface area contributed by atoms with Crippen LogP contribution in [0.2, 0.25) is 0 Å². The number of rotatable bonds is 12. The maximum atomic E-state index is 13.1. The van der Waals surface area contributed by atoms with E-state index in [1.807, 2.05) is 20.8 Å². The van der Waals surface area contributed by atoms with Crippen LogP contribution in [0.5, 0.6) is 0 Å². The van der Waals surface area contributed by atoms with E-state index in [2.05, 4.69) is 18.4 Å². The number of aromatic nitrogens is 4. The van der Waals surface area contributed by atoms with Gasteiger partial charge in [-0.05, 0) is 79.8 Å². The second-order valence-electron chi connectivity index (χ2n) is 12.4. The van der Waals surface area contributed by atoms with E-state index >= 15 is 0 Å². The van der Waals surface area contributed by atoms with Crippen molar-refractivity contribution in [3.63, 3.8) is 0 Å². The molecule has 3 aromatic heterocycles. The van der Waals surface area contributed by atoms with Crippen LogP contribution in [0, 0.1) is 40.5 Å². The Kier molecular flexibility index (Phi) is 11.9. The molecule has 16 nitrogen and oxygen atoms in total. The molecule has 0 aliphatic carbocycles. The Morgan fingerprint density at radius 3 is 1.32 bits per heavy atom. The smallest absolute Gasteiger partial charge is 0.341 e.